The molecule has 0 spiro atoms. The van der Waals surface area contributed by atoms with E-state index in [9.17, 15) is 18.0 Å². The number of methoxy groups -OCH3 is 1. The van der Waals surface area contributed by atoms with Crippen LogP contribution in [0.3, 0.4) is 0 Å². The molecule has 2 aromatic rings. The number of rotatable bonds is 12. The normalized spacial score (nSPS) is 12.6. The number of carbonyl (C=O) groups excluding carboxylic acids is 1. The number of hydrogen-bond acceptors (Lipinski definition) is 9. The van der Waals surface area contributed by atoms with Gasteiger partial charge >= 0.3 is 16.1 Å². The Kier molecular flexibility index (Phi) is 10.2. The van der Waals surface area contributed by atoms with Crippen LogP contribution in [0.15, 0.2) is 52.2 Å². The van der Waals surface area contributed by atoms with Gasteiger partial charge < -0.3 is 23.1 Å². The Bertz CT molecular complexity index is 1220. The molecule has 0 aliphatic rings. The predicted octanol–water partition coefficient (Wildman–Crippen LogP) is 3.46. The predicted molar refractivity (Wildman–Crippen MR) is 137 cm³/mol. The molecule has 1 aromatic carbocycles. The van der Waals surface area contributed by atoms with Gasteiger partial charge in [-0.2, -0.15) is 8.42 Å². The molecule has 1 aromatic heterocycles. The van der Waals surface area contributed by atoms with Gasteiger partial charge in [0.2, 0.25) is 5.75 Å². The molecule has 12 heteroatoms. The first-order valence-corrected chi connectivity index (χ1v) is 15.7. The number of hydrogen-bond donors (Lipinski definition) is 1. The molecule has 0 saturated carbocycles. The quantitative estimate of drug-likeness (QED) is 0.142. The van der Waals surface area contributed by atoms with Gasteiger partial charge in [0.25, 0.3) is 5.56 Å². The maximum Gasteiger partial charge on any atom is 0.360 e. The lowest BCUT2D eigenvalue weighted by molar-refractivity contribution is 0.0590. The molecule has 0 unspecified atom stereocenters. The monoisotopic (exact) mass is 538 g/mol. The first-order valence-electron chi connectivity index (χ1n) is 11.4. The van der Waals surface area contributed by atoms with Gasteiger partial charge in [-0.25, -0.2) is 9.78 Å². The van der Waals surface area contributed by atoms with E-state index in [2.05, 4.69) is 48.6 Å². The van der Waals surface area contributed by atoms with Crippen LogP contribution < -0.4 is 9.74 Å². The maximum atomic E-state index is 12.6. The van der Waals surface area contributed by atoms with Gasteiger partial charge in [-0.15, -0.1) is 0 Å². The molecule has 0 atom stereocenters. The topological polar surface area (TPSA) is 134 Å². The molecular formula is C24H34N2O8SSi. The van der Waals surface area contributed by atoms with Gasteiger partial charge in [0.15, 0.2) is 14.0 Å². The summed E-state index contributed by atoms with van der Waals surface area (Å²) in [6.07, 6.45) is 3.91. The number of aromatic amines is 1. The third-order valence-corrected chi connectivity index (χ3v) is 11.5. The maximum absolute atomic E-state index is 12.6. The van der Waals surface area contributed by atoms with Crippen molar-refractivity contribution in [2.24, 2.45) is 0 Å². The average molecular weight is 539 g/mol. The highest BCUT2D eigenvalue weighted by molar-refractivity contribution is 7.87. The highest BCUT2D eigenvalue weighted by Crippen LogP contribution is 2.36. The lowest BCUT2D eigenvalue weighted by Gasteiger charge is -2.35. The molecule has 0 radical (unpaired) electrons. The van der Waals surface area contributed by atoms with E-state index in [1.165, 1.54) is 24.3 Å². The van der Waals surface area contributed by atoms with Gasteiger partial charge in [-0.3, -0.25) is 4.79 Å². The molecule has 0 amide bonds. The summed E-state index contributed by atoms with van der Waals surface area (Å²) in [6, 6.07) is 7.23. The molecule has 0 fully saturated rings. The van der Waals surface area contributed by atoms with Crippen LogP contribution in [0.1, 0.15) is 37.1 Å². The van der Waals surface area contributed by atoms with Crippen LogP contribution >= 0.6 is 0 Å². The summed E-state index contributed by atoms with van der Waals surface area (Å²) in [6.45, 7) is 11.9. The Balaban J connectivity index is 2.01. The van der Waals surface area contributed by atoms with E-state index in [0.29, 0.717) is 13.2 Å². The number of aromatic nitrogens is 2. The lowest BCUT2D eigenvalue weighted by Crippen LogP contribution is -2.40. The second-order valence-corrected chi connectivity index (χ2v) is 15.8. The molecule has 198 valence electrons. The van der Waals surface area contributed by atoms with Crippen molar-refractivity contribution < 1.29 is 31.3 Å². The number of nitrogens with zero attached hydrogens (tertiary/aromatic N) is 1. The smallest absolute Gasteiger partial charge is 0.360 e. The summed E-state index contributed by atoms with van der Waals surface area (Å²) in [5, 5.41) is 0.136. The van der Waals surface area contributed by atoms with Crippen molar-refractivity contribution in [3.05, 3.63) is 64.4 Å². The van der Waals surface area contributed by atoms with Crippen LogP contribution in [0.5, 0.6) is 5.75 Å². The Morgan fingerprint density at radius 3 is 2.36 bits per heavy atom. The van der Waals surface area contributed by atoms with Crippen molar-refractivity contribution in [3.8, 4) is 5.75 Å². The molecule has 36 heavy (non-hydrogen) atoms. The van der Waals surface area contributed by atoms with Crippen molar-refractivity contribution in [1.82, 2.24) is 9.97 Å². The summed E-state index contributed by atoms with van der Waals surface area (Å²) >= 11 is 0. The second-order valence-electron chi connectivity index (χ2n) is 9.40. The number of carbonyl (C=O) groups is 1. The van der Waals surface area contributed by atoms with Crippen molar-refractivity contribution in [2.45, 2.75) is 50.2 Å². The summed E-state index contributed by atoms with van der Waals surface area (Å²) < 4.78 is 46.3. The Hall–Kier alpha value is -2.80. The fraction of sp³-hybridized carbons (Fsp3) is 0.458. The molecule has 2 rings (SSSR count). The fourth-order valence-corrected chi connectivity index (χ4v) is 4.52. The molecule has 0 saturated heterocycles. The molecular weight excluding hydrogens is 504 g/mol. The molecule has 1 heterocycles. The van der Waals surface area contributed by atoms with E-state index in [0.717, 1.165) is 7.11 Å². The average Bonchev–Trinajstić information content (AvgIpc) is 2.81. The molecule has 0 aliphatic heterocycles. The first kappa shape index (κ1) is 29.4. The molecule has 10 nitrogen and oxygen atoms in total. The SMILES string of the molecule is COC(=O)c1nc(CCOC/C=C\CO[Si](C)(C)C(C)(C)C)[nH]c(=O)c1OS(=O)(=O)c1ccccc1. The van der Waals surface area contributed by atoms with Gasteiger partial charge in [0.1, 0.15) is 10.7 Å². The number of nitrogens with one attached hydrogen (secondary N) is 1. The van der Waals surface area contributed by atoms with Crippen molar-refractivity contribution >= 4 is 24.4 Å². The van der Waals surface area contributed by atoms with E-state index < -0.39 is 41.4 Å². The van der Waals surface area contributed by atoms with Gasteiger partial charge in [-0.05, 0) is 30.3 Å². The van der Waals surface area contributed by atoms with Crippen molar-refractivity contribution in [3.63, 3.8) is 0 Å². The Labute approximate surface area is 212 Å². The van der Waals surface area contributed by atoms with Gasteiger partial charge in [0, 0.05) is 6.42 Å². The highest BCUT2D eigenvalue weighted by atomic mass is 32.2. The summed E-state index contributed by atoms with van der Waals surface area (Å²) in [4.78, 5) is 31.1. The van der Waals surface area contributed by atoms with Crippen molar-refractivity contribution in [1.29, 1.82) is 0 Å². The minimum atomic E-state index is -4.37. The number of esters is 1. The number of benzene rings is 1. The zero-order valence-corrected chi connectivity index (χ0v) is 23.3. The van der Waals surface area contributed by atoms with E-state index in [1.54, 1.807) is 6.07 Å². The molecule has 0 aliphatic carbocycles. The number of H-pyrrole nitrogens is 1. The molecule has 1 N–H and O–H groups in total. The first-order chi connectivity index (χ1) is 16.8. The van der Waals surface area contributed by atoms with Gasteiger partial charge in [0.05, 0.1) is 26.9 Å². The summed E-state index contributed by atoms with van der Waals surface area (Å²) in [7, 11) is -5.09. The standard InChI is InChI=1S/C24H34N2O8SSi/c1-24(2,3)36(5,6)33-16-11-10-15-32-17-14-19-25-20(23(28)31-4)21(22(27)26-19)34-35(29,30)18-12-8-7-9-13-18/h7-13H,14-17H2,1-6H3,(H,25,26,27)/b11-10-. The van der Waals surface area contributed by atoms with E-state index in [-0.39, 0.29) is 28.8 Å². The minimum Gasteiger partial charge on any atom is -0.464 e. The van der Waals surface area contributed by atoms with E-state index in [1.807, 2.05) is 12.2 Å². The van der Waals surface area contributed by atoms with E-state index >= 15 is 0 Å². The number of ether oxygens (including phenoxy) is 2. The van der Waals surface area contributed by atoms with Crippen LogP contribution in [-0.4, -0.2) is 59.6 Å². The zero-order chi connectivity index (χ0) is 27.0. The van der Waals surface area contributed by atoms with Crippen molar-refractivity contribution in [2.75, 3.05) is 26.9 Å². The fourth-order valence-electron chi connectivity index (χ4n) is 2.61. The summed E-state index contributed by atoms with van der Waals surface area (Å²) in [5.41, 5.74) is -1.47. The zero-order valence-electron chi connectivity index (χ0n) is 21.5. The Morgan fingerprint density at radius 1 is 1.11 bits per heavy atom. The van der Waals surface area contributed by atoms with Crippen LogP contribution in [-0.2, 0) is 30.4 Å². The van der Waals surface area contributed by atoms with Crippen LogP contribution in [0.2, 0.25) is 18.1 Å². The Morgan fingerprint density at radius 2 is 1.75 bits per heavy atom. The third-order valence-electron chi connectivity index (χ3n) is 5.74. The van der Waals surface area contributed by atoms with Gasteiger partial charge in [-0.1, -0.05) is 51.1 Å². The van der Waals surface area contributed by atoms with Crippen LogP contribution in [0, 0.1) is 0 Å². The minimum absolute atomic E-state index is 0.120. The highest BCUT2D eigenvalue weighted by Gasteiger charge is 2.36. The van der Waals surface area contributed by atoms with Crippen LogP contribution in [0.4, 0.5) is 0 Å². The summed E-state index contributed by atoms with van der Waals surface area (Å²) in [5.74, 6) is -1.65. The lowest BCUT2D eigenvalue weighted by atomic mass is 10.2. The molecule has 0 bridgehead atoms. The largest absolute Gasteiger partial charge is 0.464 e. The van der Waals surface area contributed by atoms with E-state index in [4.69, 9.17) is 13.3 Å². The van der Waals surface area contributed by atoms with Crippen LogP contribution in [0.25, 0.3) is 0 Å². The third kappa shape index (κ3) is 8.12. The second kappa shape index (κ2) is 12.4.